The van der Waals surface area contributed by atoms with E-state index in [4.69, 9.17) is 0 Å². The Morgan fingerprint density at radius 2 is 2.29 bits per heavy atom. The van der Waals surface area contributed by atoms with Crippen molar-refractivity contribution in [2.24, 2.45) is 0 Å². The van der Waals surface area contributed by atoms with Crippen LogP contribution in [0, 0.1) is 6.92 Å². The number of rotatable bonds is 1. The van der Waals surface area contributed by atoms with Gasteiger partial charge in [-0.25, -0.2) is 0 Å². The largest absolute Gasteiger partial charge is 0.388 e. The summed E-state index contributed by atoms with van der Waals surface area (Å²) in [4.78, 5) is 15.5. The summed E-state index contributed by atoms with van der Waals surface area (Å²) in [6.07, 6.45) is -0.467. The van der Waals surface area contributed by atoms with Crippen LogP contribution < -0.4 is 0 Å². The highest BCUT2D eigenvalue weighted by molar-refractivity contribution is 7.13. The van der Waals surface area contributed by atoms with Crippen molar-refractivity contribution < 1.29 is 15.0 Å². The Kier molecular flexibility index (Phi) is 3.25. The van der Waals surface area contributed by atoms with Gasteiger partial charge < -0.3 is 15.1 Å². The van der Waals surface area contributed by atoms with E-state index in [-0.39, 0.29) is 12.5 Å². The third-order valence-electron chi connectivity index (χ3n) is 3.24. The normalized spacial score (nSPS) is 29.4. The number of nitrogens with zero attached hydrogens (tertiary/aromatic N) is 1. The van der Waals surface area contributed by atoms with E-state index in [1.165, 1.54) is 11.3 Å². The maximum absolute atomic E-state index is 12.1. The summed E-state index contributed by atoms with van der Waals surface area (Å²) < 4.78 is 0. The Hall–Kier alpha value is -0.910. The van der Waals surface area contributed by atoms with Crippen molar-refractivity contribution in [1.29, 1.82) is 0 Å². The number of carbonyl (C=O) groups excluding carboxylic acids is 1. The van der Waals surface area contributed by atoms with Crippen molar-refractivity contribution in [2.75, 3.05) is 13.1 Å². The molecule has 1 aromatic rings. The minimum atomic E-state index is -1.08. The van der Waals surface area contributed by atoms with Crippen LogP contribution in [-0.4, -0.2) is 45.8 Å². The van der Waals surface area contributed by atoms with Gasteiger partial charge in [-0.05, 0) is 32.4 Å². The summed E-state index contributed by atoms with van der Waals surface area (Å²) in [6, 6.07) is 3.72. The number of hydrogen-bond donors (Lipinski definition) is 2. The van der Waals surface area contributed by atoms with Crippen molar-refractivity contribution in [3.63, 3.8) is 0 Å². The van der Waals surface area contributed by atoms with Crippen LogP contribution in [0.15, 0.2) is 12.1 Å². The first-order valence-corrected chi connectivity index (χ1v) is 6.48. The van der Waals surface area contributed by atoms with Crippen LogP contribution in [0.2, 0.25) is 0 Å². The van der Waals surface area contributed by atoms with Gasteiger partial charge in [-0.2, -0.15) is 0 Å². The second-order valence-electron chi connectivity index (χ2n) is 4.78. The molecule has 5 heteroatoms. The molecule has 1 amide bonds. The summed E-state index contributed by atoms with van der Waals surface area (Å²) in [7, 11) is 0. The smallest absolute Gasteiger partial charge is 0.264 e. The molecule has 94 valence electrons. The number of amides is 1. The zero-order valence-electron chi connectivity index (χ0n) is 10.0. The van der Waals surface area contributed by atoms with Crippen molar-refractivity contribution in [1.82, 2.24) is 4.90 Å². The summed E-state index contributed by atoms with van der Waals surface area (Å²) in [5.41, 5.74) is -1.08. The first-order valence-electron chi connectivity index (χ1n) is 5.66. The Morgan fingerprint density at radius 1 is 1.59 bits per heavy atom. The lowest BCUT2D eigenvalue weighted by Crippen LogP contribution is -2.55. The molecular formula is C12H17NO3S. The molecule has 0 unspecified atom stereocenters. The van der Waals surface area contributed by atoms with Gasteiger partial charge in [-0.15, -0.1) is 11.3 Å². The van der Waals surface area contributed by atoms with Crippen LogP contribution in [-0.2, 0) is 0 Å². The molecule has 1 fully saturated rings. The number of thiophene rings is 1. The molecule has 0 aromatic carbocycles. The Bertz CT molecular complexity index is 427. The number of hydrogen-bond acceptors (Lipinski definition) is 4. The average Bonchev–Trinajstić information content (AvgIpc) is 2.68. The molecule has 0 bridgehead atoms. The minimum Gasteiger partial charge on any atom is -0.388 e. The number of aryl methyl sites for hydroxylation is 1. The number of piperidine rings is 1. The van der Waals surface area contributed by atoms with Gasteiger partial charge in [0.2, 0.25) is 0 Å². The third-order valence-corrected chi connectivity index (χ3v) is 4.23. The molecular weight excluding hydrogens is 238 g/mol. The maximum Gasteiger partial charge on any atom is 0.264 e. The van der Waals surface area contributed by atoms with Crippen LogP contribution in [0.3, 0.4) is 0 Å². The van der Waals surface area contributed by atoms with E-state index in [0.29, 0.717) is 17.8 Å². The Labute approximate surface area is 104 Å². The molecule has 0 saturated carbocycles. The Morgan fingerprint density at radius 3 is 2.82 bits per heavy atom. The monoisotopic (exact) mass is 255 g/mol. The highest BCUT2D eigenvalue weighted by atomic mass is 32.1. The maximum atomic E-state index is 12.1. The number of likely N-dealkylation sites (tertiary alicyclic amines) is 1. The van der Waals surface area contributed by atoms with Gasteiger partial charge in [0.1, 0.15) is 0 Å². The molecule has 0 spiro atoms. The topological polar surface area (TPSA) is 60.8 Å². The van der Waals surface area contributed by atoms with Crippen LogP contribution >= 0.6 is 11.3 Å². The SMILES string of the molecule is Cc1ccc(C(=O)N2CC[C@@](C)(O)[C@H](O)C2)s1. The zero-order valence-corrected chi connectivity index (χ0v) is 10.8. The van der Waals surface area contributed by atoms with Crippen molar-refractivity contribution >= 4 is 17.2 Å². The van der Waals surface area contributed by atoms with E-state index in [1.54, 1.807) is 11.8 Å². The predicted octanol–water partition coefficient (Wildman–Crippen LogP) is 1.01. The second-order valence-corrected chi connectivity index (χ2v) is 6.07. The fraction of sp³-hybridized carbons (Fsp3) is 0.583. The number of β-amino-alcohol motifs (C(OH)–C–C–N with tert-alkyl or cyclic N) is 1. The van der Waals surface area contributed by atoms with E-state index in [1.807, 2.05) is 19.1 Å². The van der Waals surface area contributed by atoms with Crippen molar-refractivity contribution in [2.45, 2.75) is 32.0 Å². The fourth-order valence-electron chi connectivity index (χ4n) is 1.91. The molecule has 2 rings (SSSR count). The van der Waals surface area contributed by atoms with E-state index in [2.05, 4.69) is 0 Å². The van der Waals surface area contributed by atoms with Crippen LogP contribution in [0.4, 0.5) is 0 Å². The quantitative estimate of drug-likeness (QED) is 0.787. The first-order chi connectivity index (χ1) is 7.90. The molecule has 1 aromatic heterocycles. The molecule has 0 aliphatic carbocycles. The molecule has 1 aliphatic rings. The van der Waals surface area contributed by atoms with E-state index < -0.39 is 11.7 Å². The van der Waals surface area contributed by atoms with Gasteiger partial charge in [0, 0.05) is 18.0 Å². The molecule has 2 N–H and O–H groups in total. The highest BCUT2D eigenvalue weighted by Gasteiger charge is 2.38. The van der Waals surface area contributed by atoms with Gasteiger partial charge in [-0.3, -0.25) is 4.79 Å². The summed E-state index contributed by atoms with van der Waals surface area (Å²) in [6.45, 7) is 4.24. The first kappa shape index (κ1) is 12.5. The molecule has 2 atom stereocenters. The van der Waals surface area contributed by atoms with E-state index in [9.17, 15) is 15.0 Å². The fourth-order valence-corrected chi connectivity index (χ4v) is 2.75. The molecule has 17 heavy (non-hydrogen) atoms. The molecule has 1 saturated heterocycles. The van der Waals surface area contributed by atoms with E-state index >= 15 is 0 Å². The van der Waals surface area contributed by atoms with E-state index in [0.717, 1.165) is 4.88 Å². The van der Waals surface area contributed by atoms with Gasteiger partial charge >= 0.3 is 0 Å². The summed E-state index contributed by atoms with van der Waals surface area (Å²) in [5.74, 6) is -0.0577. The molecule has 1 aliphatic heterocycles. The minimum absolute atomic E-state index is 0.0577. The summed E-state index contributed by atoms with van der Waals surface area (Å²) in [5, 5.41) is 19.6. The zero-order chi connectivity index (χ0) is 12.6. The lowest BCUT2D eigenvalue weighted by Gasteiger charge is -2.39. The van der Waals surface area contributed by atoms with Crippen LogP contribution in [0.25, 0.3) is 0 Å². The van der Waals surface area contributed by atoms with Crippen LogP contribution in [0.1, 0.15) is 27.9 Å². The highest BCUT2D eigenvalue weighted by Crippen LogP contribution is 2.24. The molecule has 4 nitrogen and oxygen atoms in total. The van der Waals surface area contributed by atoms with Crippen molar-refractivity contribution in [3.05, 3.63) is 21.9 Å². The summed E-state index contributed by atoms with van der Waals surface area (Å²) >= 11 is 1.46. The Balaban J connectivity index is 2.08. The van der Waals surface area contributed by atoms with Crippen molar-refractivity contribution in [3.8, 4) is 0 Å². The lowest BCUT2D eigenvalue weighted by atomic mass is 9.91. The van der Waals surface area contributed by atoms with Gasteiger partial charge in [0.15, 0.2) is 0 Å². The number of carbonyl (C=O) groups is 1. The second kappa shape index (κ2) is 4.40. The molecule has 0 radical (unpaired) electrons. The van der Waals surface area contributed by atoms with Gasteiger partial charge in [-0.1, -0.05) is 0 Å². The lowest BCUT2D eigenvalue weighted by molar-refractivity contribution is -0.0998. The van der Waals surface area contributed by atoms with Crippen LogP contribution in [0.5, 0.6) is 0 Å². The predicted molar refractivity (Wildman–Crippen MR) is 66.2 cm³/mol. The third kappa shape index (κ3) is 2.51. The van der Waals surface area contributed by atoms with Gasteiger partial charge in [0.05, 0.1) is 16.6 Å². The standard InChI is InChI=1S/C12H17NO3S/c1-8-3-4-9(17-8)11(15)13-6-5-12(2,16)10(14)7-13/h3-4,10,14,16H,5-7H2,1-2H3/t10-,12-/m1/s1. The average molecular weight is 255 g/mol. The van der Waals surface area contributed by atoms with Gasteiger partial charge in [0.25, 0.3) is 5.91 Å². The number of aliphatic hydroxyl groups excluding tert-OH is 1. The molecule has 2 heterocycles. The number of aliphatic hydroxyl groups is 2.